The lowest BCUT2D eigenvalue weighted by atomic mass is 10.1. The van der Waals surface area contributed by atoms with Crippen molar-refractivity contribution in [2.75, 3.05) is 6.61 Å². The zero-order valence-corrected chi connectivity index (χ0v) is 12.3. The van der Waals surface area contributed by atoms with Gasteiger partial charge in [0, 0.05) is 0 Å². The average molecular weight is 290 g/mol. The van der Waals surface area contributed by atoms with E-state index in [2.05, 4.69) is 0 Å². The predicted molar refractivity (Wildman–Crippen MR) is 79.9 cm³/mol. The van der Waals surface area contributed by atoms with Crippen LogP contribution in [0.25, 0.3) is 11.1 Å². The Morgan fingerprint density at radius 1 is 0.900 bits per heavy atom. The van der Waals surface area contributed by atoms with Gasteiger partial charge in [-0.05, 0) is 29.7 Å². The predicted octanol–water partition coefficient (Wildman–Crippen LogP) is 3.86. The smallest absolute Gasteiger partial charge is 0.266 e. The minimum absolute atomic E-state index is 0.202. The Kier molecular flexibility index (Phi) is 4.93. The molecule has 2 aromatic carbocycles. The first-order valence-corrected chi connectivity index (χ1v) is 8.09. The molecule has 2 aromatic rings. The van der Waals surface area contributed by atoms with Gasteiger partial charge in [-0.3, -0.25) is 4.18 Å². The lowest BCUT2D eigenvalue weighted by molar-refractivity contribution is 0.311. The van der Waals surface area contributed by atoms with Crippen LogP contribution in [0.15, 0.2) is 59.5 Å². The summed E-state index contributed by atoms with van der Waals surface area (Å²) in [6.45, 7) is 2.23. The third-order valence-electron chi connectivity index (χ3n) is 2.99. The first-order chi connectivity index (χ1) is 9.63. The lowest BCUT2D eigenvalue weighted by Crippen LogP contribution is -2.07. The topological polar surface area (TPSA) is 43.4 Å². The van der Waals surface area contributed by atoms with Crippen molar-refractivity contribution >= 4 is 10.1 Å². The largest absolute Gasteiger partial charge is 0.296 e. The number of unbranched alkanes of at least 4 members (excludes halogenated alkanes) is 1. The van der Waals surface area contributed by atoms with Gasteiger partial charge in [0.05, 0.1) is 11.5 Å². The minimum Gasteiger partial charge on any atom is -0.266 e. The van der Waals surface area contributed by atoms with Gasteiger partial charge >= 0.3 is 0 Å². The molecule has 3 nitrogen and oxygen atoms in total. The van der Waals surface area contributed by atoms with Gasteiger partial charge in [-0.15, -0.1) is 0 Å². The Hall–Kier alpha value is -1.65. The normalized spacial score (nSPS) is 11.4. The Bertz CT molecular complexity index is 631. The summed E-state index contributed by atoms with van der Waals surface area (Å²) >= 11 is 0. The molecule has 0 amide bonds. The van der Waals surface area contributed by atoms with Gasteiger partial charge < -0.3 is 0 Å². The summed E-state index contributed by atoms with van der Waals surface area (Å²) in [6, 6.07) is 16.6. The van der Waals surface area contributed by atoms with Crippen molar-refractivity contribution in [3.8, 4) is 11.1 Å². The van der Waals surface area contributed by atoms with Crippen LogP contribution in [0.1, 0.15) is 19.8 Å². The molecule has 0 aliphatic heterocycles. The summed E-state index contributed by atoms with van der Waals surface area (Å²) in [4.78, 5) is 0.202. The third-order valence-corrected chi connectivity index (χ3v) is 4.31. The highest BCUT2D eigenvalue weighted by molar-refractivity contribution is 7.86. The molecule has 4 heteroatoms. The van der Waals surface area contributed by atoms with Crippen LogP contribution in [-0.4, -0.2) is 15.0 Å². The monoisotopic (exact) mass is 290 g/mol. The molecular weight excluding hydrogens is 272 g/mol. The van der Waals surface area contributed by atoms with Gasteiger partial charge in [0.2, 0.25) is 0 Å². The molecule has 0 N–H and O–H groups in total. The van der Waals surface area contributed by atoms with E-state index in [0.717, 1.165) is 24.0 Å². The molecule has 0 aromatic heterocycles. The van der Waals surface area contributed by atoms with Gasteiger partial charge in [-0.2, -0.15) is 8.42 Å². The zero-order chi connectivity index (χ0) is 14.4. The van der Waals surface area contributed by atoms with Crippen LogP contribution in [0, 0.1) is 0 Å². The maximum atomic E-state index is 11.9. The minimum atomic E-state index is -3.63. The Morgan fingerprint density at radius 2 is 1.50 bits per heavy atom. The summed E-state index contributed by atoms with van der Waals surface area (Å²) < 4.78 is 28.8. The molecular formula is C16H18O3S. The molecule has 0 radical (unpaired) electrons. The van der Waals surface area contributed by atoms with Gasteiger partial charge in [0.15, 0.2) is 0 Å². The maximum absolute atomic E-state index is 11.9. The molecule has 0 aliphatic carbocycles. The second-order valence-electron chi connectivity index (χ2n) is 4.52. The highest BCUT2D eigenvalue weighted by Crippen LogP contribution is 2.21. The van der Waals surface area contributed by atoms with Crippen LogP contribution in [0.5, 0.6) is 0 Å². The molecule has 0 heterocycles. The number of rotatable bonds is 6. The molecule has 2 rings (SSSR count). The van der Waals surface area contributed by atoms with Gasteiger partial charge in [-0.1, -0.05) is 55.8 Å². The molecule has 0 fully saturated rings. The van der Waals surface area contributed by atoms with Crippen LogP contribution in [0.3, 0.4) is 0 Å². The molecule has 0 atom stereocenters. The summed E-state index contributed by atoms with van der Waals surface area (Å²) in [7, 11) is -3.63. The van der Waals surface area contributed by atoms with Gasteiger partial charge in [0.1, 0.15) is 0 Å². The number of hydrogen-bond donors (Lipinski definition) is 0. The quantitative estimate of drug-likeness (QED) is 0.599. The fourth-order valence-electron chi connectivity index (χ4n) is 1.83. The van der Waals surface area contributed by atoms with E-state index in [0.29, 0.717) is 0 Å². The van der Waals surface area contributed by atoms with Crippen molar-refractivity contribution < 1.29 is 12.6 Å². The first-order valence-electron chi connectivity index (χ1n) is 6.68. The second-order valence-corrected chi connectivity index (χ2v) is 6.14. The van der Waals surface area contributed by atoms with Crippen molar-refractivity contribution in [2.24, 2.45) is 0 Å². The molecule has 20 heavy (non-hydrogen) atoms. The SMILES string of the molecule is CCCCOS(=O)(=O)c1ccc(-c2ccccc2)cc1. The van der Waals surface area contributed by atoms with Gasteiger partial charge in [-0.25, -0.2) is 0 Å². The molecule has 0 bridgehead atoms. The van der Waals surface area contributed by atoms with Crippen molar-refractivity contribution in [3.05, 3.63) is 54.6 Å². The van der Waals surface area contributed by atoms with E-state index < -0.39 is 10.1 Å². The fourth-order valence-corrected chi connectivity index (χ4v) is 2.77. The van der Waals surface area contributed by atoms with Crippen LogP contribution >= 0.6 is 0 Å². The van der Waals surface area contributed by atoms with Gasteiger partial charge in [0.25, 0.3) is 10.1 Å². The van der Waals surface area contributed by atoms with E-state index >= 15 is 0 Å². The van der Waals surface area contributed by atoms with E-state index in [1.165, 1.54) is 0 Å². The van der Waals surface area contributed by atoms with Crippen molar-refractivity contribution in [3.63, 3.8) is 0 Å². The molecule has 0 spiro atoms. The molecule has 106 valence electrons. The molecule has 0 saturated carbocycles. The van der Waals surface area contributed by atoms with E-state index in [-0.39, 0.29) is 11.5 Å². The second kappa shape index (κ2) is 6.68. The van der Waals surface area contributed by atoms with E-state index in [1.807, 2.05) is 37.3 Å². The zero-order valence-electron chi connectivity index (χ0n) is 11.5. The first kappa shape index (κ1) is 14.8. The lowest BCUT2D eigenvalue weighted by Gasteiger charge is -2.06. The summed E-state index contributed by atoms with van der Waals surface area (Å²) in [5.74, 6) is 0. The van der Waals surface area contributed by atoms with Crippen LogP contribution < -0.4 is 0 Å². The van der Waals surface area contributed by atoms with E-state index in [9.17, 15) is 8.42 Å². The standard InChI is InChI=1S/C16H18O3S/c1-2-3-13-19-20(17,18)16-11-9-15(10-12-16)14-7-5-4-6-8-14/h4-12H,2-3,13H2,1H3. The summed E-state index contributed by atoms with van der Waals surface area (Å²) in [5, 5.41) is 0. The summed E-state index contributed by atoms with van der Waals surface area (Å²) in [5.41, 5.74) is 2.04. The highest BCUT2D eigenvalue weighted by atomic mass is 32.2. The van der Waals surface area contributed by atoms with E-state index in [1.54, 1.807) is 24.3 Å². The highest BCUT2D eigenvalue weighted by Gasteiger charge is 2.14. The Balaban J connectivity index is 2.16. The van der Waals surface area contributed by atoms with Crippen molar-refractivity contribution in [1.82, 2.24) is 0 Å². The number of hydrogen-bond acceptors (Lipinski definition) is 3. The third kappa shape index (κ3) is 3.68. The summed E-state index contributed by atoms with van der Waals surface area (Å²) in [6.07, 6.45) is 1.64. The average Bonchev–Trinajstić information content (AvgIpc) is 2.48. The fraction of sp³-hybridized carbons (Fsp3) is 0.250. The Labute approximate surface area is 120 Å². The van der Waals surface area contributed by atoms with Crippen LogP contribution in [-0.2, 0) is 14.3 Å². The maximum Gasteiger partial charge on any atom is 0.296 e. The van der Waals surface area contributed by atoms with Crippen molar-refractivity contribution in [1.29, 1.82) is 0 Å². The molecule has 0 unspecified atom stereocenters. The molecule has 0 saturated heterocycles. The van der Waals surface area contributed by atoms with Crippen molar-refractivity contribution in [2.45, 2.75) is 24.7 Å². The van der Waals surface area contributed by atoms with E-state index in [4.69, 9.17) is 4.18 Å². The number of benzene rings is 2. The van der Waals surface area contributed by atoms with Crippen LogP contribution in [0.4, 0.5) is 0 Å². The Morgan fingerprint density at radius 3 is 2.10 bits per heavy atom. The molecule has 0 aliphatic rings. The van der Waals surface area contributed by atoms with Crippen LogP contribution in [0.2, 0.25) is 0 Å².